The monoisotopic (exact) mass is 1770 g/mol. The average molecular weight is 1770 g/mol. The van der Waals surface area contributed by atoms with Crippen LogP contribution in [0.5, 0.6) is 23.0 Å². The molecule has 1 atom stereocenters. The van der Waals surface area contributed by atoms with Crippen molar-refractivity contribution in [3.05, 3.63) is 171 Å². The van der Waals surface area contributed by atoms with Gasteiger partial charge in [-0.05, 0) is 163 Å². The molecule has 6 aromatic carbocycles. The predicted molar refractivity (Wildman–Crippen MR) is 388 cm³/mol. The number of imide groups is 1. The van der Waals surface area contributed by atoms with Gasteiger partial charge >= 0.3 is 11.9 Å². The van der Waals surface area contributed by atoms with Crippen molar-refractivity contribution in [1.82, 2.24) is 64.4 Å². The summed E-state index contributed by atoms with van der Waals surface area (Å²) in [6.45, 7) is 4.61. The molecule has 1 unspecified atom stereocenters. The average Bonchev–Trinajstić information content (AvgIpc) is 1.64. The molecule has 1 saturated heterocycles. The number of aromatic amines is 1. The predicted octanol–water partition coefficient (Wildman–Crippen LogP) is 14.3. The number of fused-ring (bicyclic) bond motifs is 8. The van der Waals surface area contributed by atoms with E-state index in [1.165, 1.54) is 6.08 Å². The molecular weight excluding hydrogens is 1710 g/mol. The summed E-state index contributed by atoms with van der Waals surface area (Å²) < 4.78 is 48.9. The van der Waals surface area contributed by atoms with E-state index in [0.717, 1.165) is 123 Å². The number of ether oxygens (including phenoxy) is 5. The van der Waals surface area contributed by atoms with Gasteiger partial charge in [-0.3, -0.25) is 48.2 Å². The number of hydrogen-bond acceptors (Lipinski definition) is 18. The van der Waals surface area contributed by atoms with Crippen molar-refractivity contribution in [3.63, 3.8) is 0 Å². The van der Waals surface area contributed by atoms with E-state index >= 15 is 0 Å². The van der Waals surface area contributed by atoms with Crippen LogP contribution in [-0.2, 0) is 91.4 Å². The topological polar surface area (TPSA) is 291 Å². The number of H-pyrrole nitrogens is 1. The second kappa shape index (κ2) is 34.1. The van der Waals surface area contributed by atoms with Crippen LogP contribution in [0.25, 0.3) is 87.4 Å². The van der Waals surface area contributed by atoms with E-state index in [9.17, 15) is 24.3 Å². The Kier molecular flexibility index (Phi) is 26.0. The zero-order valence-corrected chi connectivity index (χ0v) is 64.6. The van der Waals surface area contributed by atoms with Crippen LogP contribution in [0.4, 0.5) is 0 Å². The number of phenols is 1. The molecule has 2 amide bonds. The molecule has 0 spiro atoms. The number of benzene rings is 6. The van der Waals surface area contributed by atoms with Crippen molar-refractivity contribution < 1.29 is 77.9 Å². The summed E-state index contributed by atoms with van der Waals surface area (Å²) in [6.07, 6.45) is 18.7. The zero-order valence-electron chi connectivity index (χ0n) is 55.3. The molecule has 516 valence electrons. The van der Waals surface area contributed by atoms with Crippen LogP contribution in [0, 0.1) is 7.43 Å². The van der Waals surface area contributed by atoms with Gasteiger partial charge in [-0.2, -0.15) is 30.6 Å². The van der Waals surface area contributed by atoms with E-state index < -0.39 is 0 Å². The molecule has 9 heterocycles. The number of halogens is 4. The number of piperidine rings is 1. The Morgan fingerprint density at radius 3 is 1.62 bits per heavy atom. The molecule has 25 nitrogen and oxygen atoms in total. The number of amides is 2. The molecule has 1 fully saturated rings. The minimum atomic E-state index is -0.363. The number of hydrogen-bond donors (Lipinski definition) is 3. The number of aromatic hydroxyl groups is 1. The minimum absolute atomic E-state index is 0. The first-order valence-electron chi connectivity index (χ1n) is 30.0. The van der Waals surface area contributed by atoms with Crippen LogP contribution in [-0.4, -0.2) is 122 Å². The van der Waals surface area contributed by atoms with Gasteiger partial charge in [0.2, 0.25) is 11.8 Å². The Balaban J connectivity index is 0.000000153. The molecule has 1 aliphatic rings. The van der Waals surface area contributed by atoms with Crippen LogP contribution in [0.15, 0.2) is 161 Å². The van der Waals surface area contributed by atoms with Gasteiger partial charge in [0, 0.05) is 154 Å². The van der Waals surface area contributed by atoms with Crippen molar-refractivity contribution in [3.8, 4) is 23.0 Å². The largest absolute Gasteiger partial charge is 0.507 e. The normalized spacial score (nSPS) is 12.5. The van der Waals surface area contributed by atoms with Gasteiger partial charge in [0.1, 0.15) is 40.8 Å². The van der Waals surface area contributed by atoms with Gasteiger partial charge in [-0.25, -0.2) is 4.79 Å². The van der Waals surface area contributed by atoms with E-state index in [2.05, 4.69) is 105 Å². The molecule has 0 bridgehead atoms. The Morgan fingerprint density at radius 2 is 1.07 bits per heavy atom. The number of phenolic OH excluding ortho intramolecular Hbond substituents is 1. The van der Waals surface area contributed by atoms with Crippen molar-refractivity contribution in [2.24, 2.45) is 35.2 Å². The van der Waals surface area contributed by atoms with Crippen molar-refractivity contribution in [2.75, 3.05) is 34.0 Å². The maximum Gasteiger partial charge on any atom is 0.330 e. The molecule has 30 heteroatoms. The molecule has 8 aromatic heterocycles. The Hall–Kier alpha value is -9.15. The van der Waals surface area contributed by atoms with Crippen molar-refractivity contribution >= 4 is 175 Å². The molecule has 0 radical (unpaired) electrons. The summed E-state index contributed by atoms with van der Waals surface area (Å²) >= 11 is 13.5. The number of aryl methyl sites for hydroxylation is 5. The van der Waals surface area contributed by atoms with Crippen molar-refractivity contribution in [2.45, 2.75) is 39.0 Å². The van der Waals surface area contributed by atoms with Gasteiger partial charge in [-0.15, -0.1) is 0 Å². The third-order valence-electron chi connectivity index (χ3n) is 14.8. The van der Waals surface area contributed by atoms with E-state index in [1.54, 1.807) is 88.4 Å². The summed E-state index contributed by atoms with van der Waals surface area (Å²) in [5, 5.41) is 47.9. The first-order valence-corrected chi connectivity index (χ1v) is 33.2. The molecule has 14 aromatic rings. The molecular formula is C69H68Br4N13O12W-. The van der Waals surface area contributed by atoms with Crippen LogP contribution >= 0.6 is 63.7 Å². The minimum Gasteiger partial charge on any atom is -0.507 e. The summed E-state index contributed by atoms with van der Waals surface area (Å²) in [5.41, 5.74) is 8.65. The van der Waals surface area contributed by atoms with Crippen LogP contribution in [0.2, 0.25) is 0 Å². The maximum atomic E-state index is 12.0. The number of furan rings is 2. The zero-order chi connectivity index (χ0) is 69.2. The van der Waals surface area contributed by atoms with Gasteiger partial charge < -0.3 is 45.1 Å². The molecule has 3 N–H and O–H groups in total. The van der Waals surface area contributed by atoms with E-state index in [-0.39, 0.29) is 70.3 Å². The fraction of sp³-hybridized carbons (Fsp3) is 0.232. The van der Waals surface area contributed by atoms with Gasteiger partial charge in [0.05, 0.1) is 109 Å². The quantitative estimate of drug-likeness (QED) is 0.0469. The number of esters is 2. The number of methoxy groups -OCH3 is 2. The third-order valence-corrected chi connectivity index (χ3v) is 17.3. The number of rotatable bonds is 11. The van der Waals surface area contributed by atoms with Gasteiger partial charge in [0.15, 0.2) is 0 Å². The first-order chi connectivity index (χ1) is 46.6. The van der Waals surface area contributed by atoms with Crippen LogP contribution in [0.1, 0.15) is 43.7 Å². The summed E-state index contributed by atoms with van der Waals surface area (Å²) in [5.74, 6) is 1.19. The van der Waals surface area contributed by atoms with E-state index in [1.807, 2.05) is 127 Å². The fourth-order valence-electron chi connectivity index (χ4n) is 10.5. The number of aromatic nitrogens is 12. The van der Waals surface area contributed by atoms with E-state index in [4.69, 9.17) is 32.5 Å². The molecule has 15 rings (SSSR count). The molecule has 0 aliphatic carbocycles. The molecule has 1 aliphatic heterocycles. The number of nitrogens with zero attached hydrogens (tertiary/aromatic N) is 11. The summed E-state index contributed by atoms with van der Waals surface area (Å²) in [6, 6.07) is 22.8. The Bertz CT molecular complexity index is 5200. The summed E-state index contributed by atoms with van der Waals surface area (Å²) in [4.78, 5) is 45.9. The SMILES string of the molecule is CCOC(=O)/C=C/COc1cc2cn(C)nc2cc1Br.CCOC(=O)Cc1coc2cc3cn(C)nc3cc12.COc1cc2cn(C)nc2cc1Br.COc1cc2cn[nH]c2cc1Br.Cn1cc2cc(O)c(Br)cc2n1.Cn1cc2cc3occ(C4CCC(=O)NC4=O)c3cc2n1.[CH3-].[W]. The van der Waals surface area contributed by atoms with Crippen LogP contribution < -0.4 is 19.5 Å². The summed E-state index contributed by atoms with van der Waals surface area (Å²) in [7, 11) is 12.7. The Morgan fingerprint density at radius 1 is 0.606 bits per heavy atom. The Labute approximate surface area is 614 Å². The number of nitrogens with one attached hydrogen (secondary N) is 2. The van der Waals surface area contributed by atoms with Gasteiger partial charge in [0.25, 0.3) is 0 Å². The smallest absolute Gasteiger partial charge is 0.330 e. The van der Waals surface area contributed by atoms with Gasteiger partial charge in [-0.1, -0.05) is 0 Å². The molecule has 99 heavy (non-hydrogen) atoms. The second-order valence-corrected chi connectivity index (χ2v) is 25.3. The number of carbonyl (C=O) groups excluding carboxylic acids is 4. The van der Waals surface area contributed by atoms with E-state index in [0.29, 0.717) is 42.9 Å². The third kappa shape index (κ3) is 18.8. The fourth-order valence-corrected chi connectivity index (χ4v) is 12.2. The first kappa shape index (κ1) is 75.6. The standard InChI is InChI=1S/C15H13N3O3.C14H15BrN2O3.C14H14N2O3.C9H9BrN2O.2C8H7BrN2O.CH3.W/c1-18-6-8-4-13-10(5-12(8)17-18)11(7-21-13)9-2-3-14(19)16-15(9)20;1-3-19-14(18)5-4-6-20-13-7-10-9-17(2)16-12(10)8-11(13)15;1-3-18-14(17)5-10-8-19-13-4-9-7-16(2)15-12(9)6-11(10)13;1-12-5-6-3-9(13-2)7(10)4-8(6)11-12;1-11-4-5-2-8(12)6(9)3-7(5)10-11;1-12-8-2-5-4-10-11-7(5)3-6(8)9;;/h4-7,9H,2-3H2,1H3,(H,16,19,20);4-5,7-9H,3,6H2,1-2H3;4,6-8H,3,5H2,1-2H3;3-5H,1-2H3;2-4,12H,1H3;2-4H,1H3,(H,10,11);1H3;/q;;;;;;-1;/b;5-4+;;;;;;. The molecule has 0 saturated carbocycles. The maximum absolute atomic E-state index is 12.0. The second-order valence-electron chi connectivity index (χ2n) is 21.9. The van der Waals surface area contributed by atoms with Crippen molar-refractivity contribution in [1.29, 1.82) is 0 Å². The van der Waals surface area contributed by atoms with Crippen LogP contribution in [0.3, 0.4) is 0 Å². The number of carbonyl (C=O) groups is 4.